The van der Waals surface area contributed by atoms with E-state index in [4.69, 9.17) is 19.3 Å². The molecule has 0 radical (unpaired) electrons. The molecule has 0 saturated heterocycles. The van der Waals surface area contributed by atoms with Gasteiger partial charge in [0.1, 0.15) is 6.61 Å². The second kappa shape index (κ2) is 37.9. The van der Waals surface area contributed by atoms with Crippen molar-refractivity contribution in [3.63, 3.8) is 0 Å². The number of phosphoric acid groups is 1. The first kappa shape index (κ1) is 52.0. The Balaban J connectivity index is 4.07. The van der Waals surface area contributed by atoms with Gasteiger partial charge in [0.2, 0.25) is 0 Å². The van der Waals surface area contributed by atoms with Gasteiger partial charge in [0.05, 0.1) is 12.7 Å². The van der Waals surface area contributed by atoms with Crippen LogP contribution in [0, 0.1) is 5.92 Å². The van der Waals surface area contributed by atoms with Crippen LogP contribution in [0.4, 0.5) is 0 Å². The van der Waals surface area contributed by atoms with Crippen molar-refractivity contribution >= 4 is 19.8 Å². The molecule has 2 unspecified atom stereocenters. The van der Waals surface area contributed by atoms with Gasteiger partial charge in [0.15, 0.2) is 6.10 Å². The van der Waals surface area contributed by atoms with Crippen LogP contribution < -0.4 is 0 Å². The van der Waals surface area contributed by atoms with E-state index < -0.39 is 38.6 Å². The summed E-state index contributed by atoms with van der Waals surface area (Å²) >= 11 is 0. The Bertz CT molecular complexity index is 1050. The summed E-state index contributed by atoms with van der Waals surface area (Å²) in [5.41, 5.74) is 0. The van der Waals surface area contributed by atoms with Crippen molar-refractivity contribution in [2.24, 2.45) is 5.92 Å². The Hall–Kier alpha value is -2.03. The number of hydrogen-bond acceptors (Lipinski definition) is 7. The van der Waals surface area contributed by atoms with Gasteiger partial charge in [-0.05, 0) is 50.9 Å². The number of aliphatic hydroxyl groups is 1. The quantitative estimate of drug-likeness (QED) is 0.0183. The monoisotopic (exact) mass is 783 g/mol. The van der Waals surface area contributed by atoms with Gasteiger partial charge in [0.25, 0.3) is 0 Å². The second-order valence-corrected chi connectivity index (χ2v) is 16.0. The molecule has 10 heteroatoms. The molecule has 54 heavy (non-hydrogen) atoms. The minimum atomic E-state index is -4.79. The fourth-order valence-corrected chi connectivity index (χ4v) is 6.19. The highest BCUT2D eigenvalue weighted by Gasteiger charge is 2.22. The average molecular weight is 783 g/mol. The van der Waals surface area contributed by atoms with Crippen LogP contribution in [0.2, 0.25) is 0 Å². The molecule has 9 nitrogen and oxygen atoms in total. The Labute approximate surface area is 329 Å². The zero-order chi connectivity index (χ0) is 40.0. The number of carbonyl (C=O) groups excluding carboxylic acids is 2. The van der Waals surface area contributed by atoms with Gasteiger partial charge in [-0.1, -0.05) is 179 Å². The predicted molar refractivity (Wildman–Crippen MR) is 222 cm³/mol. The van der Waals surface area contributed by atoms with Crippen LogP contribution in [-0.2, 0) is 28.2 Å². The normalized spacial score (nSPS) is 14.1. The van der Waals surface area contributed by atoms with E-state index in [0.717, 1.165) is 38.0 Å². The number of esters is 2. The number of unbranched alkanes of at least 4 members (excludes halogenated alkanes) is 17. The number of hydrogen-bond donors (Lipinski definition) is 3. The van der Waals surface area contributed by atoms with E-state index in [2.05, 4.69) is 43.5 Å². The molecule has 0 aliphatic heterocycles. The summed E-state index contributed by atoms with van der Waals surface area (Å²) in [6, 6.07) is 0. The van der Waals surface area contributed by atoms with Crippen molar-refractivity contribution in [1.29, 1.82) is 0 Å². The maximum atomic E-state index is 12.4. The Morgan fingerprint density at radius 2 is 1.22 bits per heavy atom. The highest BCUT2D eigenvalue weighted by atomic mass is 31.2. The van der Waals surface area contributed by atoms with Crippen LogP contribution in [-0.4, -0.2) is 52.3 Å². The molecule has 0 aliphatic rings. The van der Waals surface area contributed by atoms with Crippen molar-refractivity contribution in [2.45, 2.75) is 200 Å². The molecule has 0 aliphatic carbocycles. The Morgan fingerprint density at radius 3 is 1.83 bits per heavy atom. The molecule has 3 atom stereocenters. The number of carbonyl (C=O) groups is 2. The second-order valence-electron chi connectivity index (χ2n) is 14.8. The van der Waals surface area contributed by atoms with Gasteiger partial charge in [-0.15, -0.1) is 0 Å². The van der Waals surface area contributed by atoms with Crippen molar-refractivity contribution < 1.29 is 43.0 Å². The molecule has 3 N–H and O–H groups in total. The summed E-state index contributed by atoms with van der Waals surface area (Å²) in [5, 5.41) is 10.1. The first-order valence-corrected chi connectivity index (χ1v) is 23.0. The molecule has 0 amide bonds. The summed E-state index contributed by atoms with van der Waals surface area (Å²) in [7, 11) is -4.79. The maximum absolute atomic E-state index is 12.4. The lowest BCUT2D eigenvalue weighted by atomic mass is 9.99. The third kappa shape index (κ3) is 39.7. The molecule has 0 spiro atoms. The summed E-state index contributed by atoms with van der Waals surface area (Å²) < 4.78 is 26.3. The minimum absolute atomic E-state index is 0.132. The fourth-order valence-electron chi connectivity index (χ4n) is 5.83. The molecular weight excluding hydrogens is 703 g/mol. The molecule has 314 valence electrons. The lowest BCUT2D eigenvalue weighted by Crippen LogP contribution is -2.29. The first-order valence-electron chi connectivity index (χ1n) is 21.4. The molecule has 0 heterocycles. The standard InChI is InChI=1S/C44H79O9P/c1-4-6-7-8-9-16-20-24-29-34-41(45)35-30-25-22-27-31-36-43(46)51-38-42(39-52-54(48,49)50)53-44(47)37-32-26-21-18-15-13-11-10-12-14-17-19-23-28-33-40(3)5-2/h9,16,22,24-25,29-30,35,40-42,45H,4-8,10-15,17-21,23,26-28,31-34,36-39H2,1-3H3,(H2,48,49,50)/b16-9-,25-22+,29-24-,35-30-/t40?,41?,42-/m1/s1. The third-order valence-electron chi connectivity index (χ3n) is 9.47. The van der Waals surface area contributed by atoms with Crippen LogP contribution in [0.25, 0.3) is 0 Å². The van der Waals surface area contributed by atoms with E-state index in [-0.39, 0.29) is 19.4 Å². The Kier molecular flexibility index (Phi) is 36.4. The molecular formula is C44H79O9P. The predicted octanol–water partition coefficient (Wildman–Crippen LogP) is 12.0. The Morgan fingerprint density at radius 1 is 0.648 bits per heavy atom. The smallest absolute Gasteiger partial charge is 0.462 e. The SMILES string of the molecule is CCCCC/C=C\C/C=C\CC(O)/C=C\C=C\CCCC(=O)OC[C@H](COP(=O)(O)O)OC(=O)CCCCCCCCCCCCCCCCC(C)CC. The topological polar surface area (TPSA) is 140 Å². The van der Waals surface area contributed by atoms with Gasteiger partial charge in [-0.3, -0.25) is 14.1 Å². The van der Waals surface area contributed by atoms with E-state index in [9.17, 15) is 19.3 Å². The molecule has 0 bridgehead atoms. The number of phosphoric ester groups is 1. The zero-order valence-corrected chi connectivity index (χ0v) is 35.3. The number of rotatable bonds is 38. The fraction of sp³-hybridized carbons (Fsp3) is 0.773. The van der Waals surface area contributed by atoms with E-state index in [1.165, 1.54) is 96.3 Å². The largest absolute Gasteiger partial charge is 0.469 e. The zero-order valence-electron chi connectivity index (χ0n) is 34.4. The van der Waals surface area contributed by atoms with Crippen LogP contribution in [0.5, 0.6) is 0 Å². The number of ether oxygens (including phenoxy) is 2. The van der Waals surface area contributed by atoms with E-state index >= 15 is 0 Å². The van der Waals surface area contributed by atoms with Crippen LogP contribution in [0.1, 0.15) is 188 Å². The van der Waals surface area contributed by atoms with Gasteiger partial charge < -0.3 is 24.4 Å². The molecule has 0 aromatic carbocycles. The van der Waals surface area contributed by atoms with Crippen molar-refractivity contribution in [3.05, 3.63) is 48.6 Å². The highest BCUT2D eigenvalue weighted by Crippen LogP contribution is 2.36. The summed E-state index contributed by atoms with van der Waals surface area (Å²) in [4.78, 5) is 42.9. The summed E-state index contributed by atoms with van der Waals surface area (Å²) in [6.45, 7) is 5.91. The van der Waals surface area contributed by atoms with Crippen LogP contribution >= 0.6 is 7.82 Å². The summed E-state index contributed by atoms with van der Waals surface area (Å²) in [6.07, 6.45) is 41.4. The molecule has 0 rings (SSSR count). The first-order chi connectivity index (χ1) is 26.1. The van der Waals surface area contributed by atoms with E-state index in [1.54, 1.807) is 12.2 Å². The summed E-state index contributed by atoms with van der Waals surface area (Å²) in [5.74, 6) is -0.138. The lowest BCUT2D eigenvalue weighted by molar-refractivity contribution is -0.161. The van der Waals surface area contributed by atoms with E-state index in [1.807, 2.05) is 18.2 Å². The van der Waals surface area contributed by atoms with Crippen LogP contribution in [0.15, 0.2) is 48.6 Å². The van der Waals surface area contributed by atoms with Gasteiger partial charge in [-0.25, -0.2) is 4.57 Å². The number of aliphatic hydroxyl groups excluding tert-OH is 1. The molecule has 0 saturated carbocycles. The van der Waals surface area contributed by atoms with Crippen molar-refractivity contribution in [2.75, 3.05) is 13.2 Å². The lowest BCUT2D eigenvalue weighted by Gasteiger charge is -2.18. The van der Waals surface area contributed by atoms with Gasteiger partial charge in [-0.2, -0.15) is 0 Å². The molecule has 0 aromatic heterocycles. The molecule has 0 fully saturated rings. The number of allylic oxidation sites excluding steroid dienone is 6. The van der Waals surface area contributed by atoms with Gasteiger partial charge in [0, 0.05) is 12.8 Å². The van der Waals surface area contributed by atoms with Crippen molar-refractivity contribution in [1.82, 2.24) is 0 Å². The van der Waals surface area contributed by atoms with Crippen molar-refractivity contribution in [3.8, 4) is 0 Å². The van der Waals surface area contributed by atoms with Crippen LogP contribution in [0.3, 0.4) is 0 Å². The molecule has 0 aromatic rings. The van der Waals surface area contributed by atoms with E-state index in [0.29, 0.717) is 25.7 Å². The van der Waals surface area contributed by atoms with Gasteiger partial charge >= 0.3 is 19.8 Å². The third-order valence-corrected chi connectivity index (χ3v) is 9.96. The minimum Gasteiger partial charge on any atom is -0.462 e. The maximum Gasteiger partial charge on any atom is 0.469 e. The average Bonchev–Trinajstić information content (AvgIpc) is 3.14. The highest BCUT2D eigenvalue weighted by molar-refractivity contribution is 7.46.